The van der Waals surface area contributed by atoms with Gasteiger partial charge in [-0.15, -0.1) is 0 Å². The molecule has 2 aromatic carbocycles. The standard InChI is InChI=1S/C18H14F4N4/c1-11-23-16(25-13-8-6-12(19)7-9-13)10-17(24-11)26-15-5-3-2-4-14(15)18(20,21)22/h2-10H,1H3,(H2,23,24,25,26). The molecule has 1 heterocycles. The van der Waals surface area contributed by atoms with Crippen LogP contribution in [0.25, 0.3) is 0 Å². The predicted octanol–water partition coefficient (Wildman–Crippen LogP) is 5.43. The van der Waals surface area contributed by atoms with Gasteiger partial charge in [0.15, 0.2) is 0 Å². The van der Waals surface area contributed by atoms with Gasteiger partial charge in [-0.1, -0.05) is 12.1 Å². The number of halogens is 4. The molecule has 3 aromatic rings. The Labute approximate surface area is 146 Å². The van der Waals surface area contributed by atoms with Crippen molar-refractivity contribution in [3.8, 4) is 0 Å². The van der Waals surface area contributed by atoms with Gasteiger partial charge in [0.1, 0.15) is 23.3 Å². The van der Waals surface area contributed by atoms with Crippen molar-refractivity contribution < 1.29 is 17.6 Å². The third-order valence-electron chi connectivity index (χ3n) is 3.45. The first-order chi connectivity index (χ1) is 12.3. The Kier molecular flexibility index (Phi) is 4.75. The summed E-state index contributed by atoms with van der Waals surface area (Å²) in [5.74, 6) is 0.569. The lowest BCUT2D eigenvalue weighted by Gasteiger charge is -2.15. The van der Waals surface area contributed by atoms with Crippen molar-refractivity contribution >= 4 is 23.0 Å². The summed E-state index contributed by atoms with van der Waals surface area (Å²) in [5, 5.41) is 5.65. The number of nitrogens with one attached hydrogen (secondary N) is 2. The number of hydrogen-bond donors (Lipinski definition) is 2. The van der Waals surface area contributed by atoms with E-state index in [-0.39, 0.29) is 17.3 Å². The van der Waals surface area contributed by atoms with E-state index in [4.69, 9.17) is 0 Å². The van der Waals surface area contributed by atoms with Gasteiger partial charge in [0.25, 0.3) is 0 Å². The number of alkyl halides is 3. The van der Waals surface area contributed by atoms with E-state index in [1.165, 1.54) is 48.5 Å². The van der Waals surface area contributed by atoms with Crippen molar-refractivity contribution in [3.05, 3.63) is 71.8 Å². The molecule has 1 aromatic heterocycles. The quantitative estimate of drug-likeness (QED) is 0.608. The molecule has 8 heteroatoms. The van der Waals surface area contributed by atoms with Gasteiger partial charge >= 0.3 is 6.18 Å². The number of aryl methyl sites for hydroxylation is 1. The molecule has 0 bridgehead atoms. The molecular formula is C18H14F4N4. The van der Waals surface area contributed by atoms with Crippen LogP contribution >= 0.6 is 0 Å². The lowest BCUT2D eigenvalue weighted by Crippen LogP contribution is -2.09. The van der Waals surface area contributed by atoms with E-state index in [9.17, 15) is 17.6 Å². The van der Waals surface area contributed by atoms with Crippen LogP contribution in [0, 0.1) is 12.7 Å². The van der Waals surface area contributed by atoms with Gasteiger partial charge in [-0.2, -0.15) is 13.2 Å². The highest BCUT2D eigenvalue weighted by atomic mass is 19.4. The van der Waals surface area contributed by atoms with Crippen molar-refractivity contribution in [2.75, 3.05) is 10.6 Å². The molecule has 0 unspecified atom stereocenters. The molecule has 0 saturated carbocycles. The first-order valence-corrected chi connectivity index (χ1v) is 7.63. The minimum Gasteiger partial charge on any atom is -0.340 e. The number of anilines is 4. The molecule has 0 fully saturated rings. The Morgan fingerprint density at radius 2 is 1.46 bits per heavy atom. The minimum atomic E-state index is -4.49. The highest BCUT2D eigenvalue weighted by molar-refractivity contribution is 5.65. The van der Waals surface area contributed by atoms with E-state index in [0.29, 0.717) is 17.3 Å². The van der Waals surface area contributed by atoms with E-state index < -0.39 is 11.7 Å². The van der Waals surface area contributed by atoms with Crippen LogP contribution in [-0.2, 0) is 6.18 Å². The molecule has 134 valence electrons. The number of hydrogen-bond acceptors (Lipinski definition) is 4. The summed E-state index contributed by atoms with van der Waals surface area (Å²) in [7, 11) is 0. The van der Waals surface area contributed by atoms with E-state index in [0.717, 1.165) is 6.07 Å². The van der Waals surface area contributed by atoms with Crippen LogP contribution in [0.15, 0.2) is 54.6 Å². The van der Waals surface area contributed by atoms with Crippen LogP contribution in [0.2, 0.25) is 0 Å². The van der Waals surface area contributed by atoms with E-state index in [1.807, 2.05) is 0 Å². The van der Waals surface area contributed by atoms with Crippen LogP contribution in [0.4, 0.5) is 40.6 Å². The molecular weight excluding hydrogens is 348 g/mol. The van der Waals surface area contributed by atoms with Gasteiger partial charge < -0.3 is 10.6 Å². The van der Waals surface area contributed by atoms with Crippen molar-refractivity contribution in [1.29, 1.82) is 0 Å². The third-order valence-corrected chi connectivity index (χ3v) is 3.45. The lowest BCUT2D eigenvalue weighted by atomic mass is 10.1. The molecule has 0 spiro atoms. The summed E-state index contributed by atoms with van der Waals surface area (Å²) < 4.78 is 52.3. The van der Waals surface area contributed by atoms with Crippen molar-refractivity contribution in [2.24, 2.45) is 0 Å². The van der Waals surface area contributed by atoms with Crippen LogP contribution in [-0.4, -0.2) is 9.97 Å². The first kappa shape index (κ1) is 17.7. The fraction of sp³-hybridized carbons (Fsp3) is 0.111. The maximum Gasteiger partial charge on any atom is 0.418 e. The summed E-state index contributed by atoms with van der Waals surface area (Å²) in [4.78, 5) is 8.30. The third kappa shape index (κ3) is 4.27. The van der Waals surface area contributed by atoms with Gasteiger partial charge in [0.2, 0.25) is 0 Å². The van der Waals surface area contributed by atoms with Gasteiger partial charge in [0.05, 0.1) is 11.3 Å². The Balaban J connectivity index is 1.88. The summed E-state index contributed by atoms with van der Waals surface area (Å²) in [6.07, 6.45) is -4.49. The number of rotatable bonds is 4. The summed E-state index contributed by atoms with van der Waals surface area (Å²) >= 11 is 0. The van der Waals surface area contributed by atoms with E-state index in [1.54, 1.807) is 6.92 Å². The molecule has 2 N–H and O–H groups in total. The topological polar surface area (TPSA) is 49.8 Å². The normalized spacial score (nSPS) is 11.3. The highest BCUT2D eigenvalue weighted by Crippen LogP contribution is 2.35. The van der Waals surface area contributed by atoms with E-state index in [2.05, 4.69) is 20.6 Å². The highest BCUT2D eigenvalue weighted by Gasteiger charge is 2.33. The monoisotopic (exact) mass is 362 g/mol. The largest absolute Gasteiger partial charge is 0.418 e. The number of benzene rings is 2. The Morgan fingerprint density at radius 3 is 2.12 bits per heavy atom. The van der Waals surface area contributed by atoms with Gasteiger partial charge in [-0.05, 0) is 43.3 Å². The average Bonchev–Trinajstić information content (AvgIpc) is 2.56. The number of nitrogens with zero attached hydrogens (tertiary/aromatic N) is 2. The van der Waals surface area contributed by atoms with Gasteiger partial charge in [-0.3, -0.25) is 0 Å². The second kappa shape index (κ2) is 6.99. The van der Waals surface area contributed by atoms with Crippen LogP contribution in [0.5, 0.6) is 0 Å². The van der Waals surface area contributed by atoms with E-state index >= 15 is 0 Å². The zero-order valence-corrected chi connectivity index (χ0v) is 13.6. The lowest BCUT2D eigenvalue weighted by molar-refractivity contribution is -0.136. The van der Waals surface area contributed by atoms with Crippen LogP contribution in [0.1, 0.15) is 11.4 Å². The van der Waals surface area contributed by atoms with Gasteiger partial charge in [0, 0.05) is 11.8 Å². The molecule has 0 aliphatic heterocycles. The predicted molar refractivity (Wildman–Crippen MR) is 91.2 cm³/mol. The Morgan fingerprint density at radius 1 is 0.846 bits per heavy atom. The fourth-order valence-corrected chi connectivity index (χ4v) is 2.35. The van der Waals surface area contributed by atoms with Crippen LogP contribution in [0.3, 0.4) is 0 Å². The number of para-hydroxylation sites is 1. The molecule has 0 aliphatic carbocycles. The first-order valence-electron chi connectivity index (χ1n) is 7.63. The second-order valence-electron chi connectivity index (χ2n) is 5.49. The molecule has 0 aliphatic rings. The molecule has 26 heavy (non-hydrogen) atoms. The van der Waals surface area contributed by atoms with Crippen molar-refractivity contribution in [2.45, 2.75) is 13.1 Å². The maximum absolute atomic E-state index is 13.1. The number of aromatic nitrogens is 2. The Hall–Kier alpha value is -3.16. The molecule has 0 radical (unpaired) electrons. The average molecular weight is 362 g/mol. The second-order valence-corrected chi connectivity index (χ2v) is 5.49. The minimum absolute atomic E-state index is 0.106. The molecule has 3 rings (SSSR count). The van der Waals surface area contributed by atoms with Gasteiger partial charge in [-0.25, -0.2) is 14.4 Å². The maximum atomic E-state index is 13.1. The SMILES string of the molecule is Cc1nc(Nc2ccc(F)cc2)cc(Nc2ccccc2C(F)(F)F)n1. The van der Waals surface area contributed by atoms with Crippen molar-refractivity contribution in [1.82, 2.24) is 9.97 Å². The molecule has 0 saturated heterocycles. The summed E-state index contributed by atoms with van der Waals surface area (Å²) in [6, 6.07) is 12.2. The zero-order valence-electron chi connectivity index (χ0n) is 13.6. The smallest absolute Gasteiger partial charge is 0.340 e. The summed E-state index contributed by atoms with van der Waals surface area (Å²) in [5.41, 5.74) is -0.304. The fourth-order valence-electron chi connectivity index (χ4n) is 2.35. The zero-order chi connectivity index (χ0) is 18.7. The summed E-state index contributed by atoms with van der Waals surface area (Å²) in [6.45, 7) is 1.62. The molecule has 4 nitrogen and oxygen atoms in total. The Bertz CT molecular complexity index is 908. The van der Waals surface area contributed by atoms with Crippen LogP contribution < -0.4 is 10.6 Å². The molecule has 0 atom stereocenters. The van der Waals surface area contributed by atoms with Crippen molar-refractivity contribution in [3.63, 3.8) is 0 Å². The molecule has 0 amide bonds.